The Balaban J connectivity index is 0.00000288. The average molecular weight is 366 g/mol. The first-order valence-corrected chi connectivity index (χ1v) is 7.87. The average Bonchev–Trinajstić information content (AvgIpc) is 2.48. The van der Waals surface area contributed by atoms with E-state index in [9.17, 15) is 22.8 Å². The molecule has 2 rings (SSSR count). The van der Waals surface area contributed by atoms with Crippen LogP contribution in [0.25, 0.3) is 0 Å². The van der Waals surface area contributed by atoms with Crippen molar-refractivity contribution in [1.82, 2.24) is 9.62 Å². The number of methoxy groups -OCH3 is 1. The molecule has 9 nitrogen and oxygen atoms in total. The maximum absolute atomic E-state index is 11.9. The normalized spacial score (nSPS) is 19.8. The molecule has 1 aromatic rings. The van der Waals surface area contributed by atoms with Crippen molar-refractivity contribution in [3.63, 3.8) is 0 Å². The Labute approximate surface area is 162 Å². The van der Waals surface area contributed by atoms with Crippen LogP contribution in [0.15, 0.2) is 30.3 Å². The van der Waals surface area contributed by atoms with Gasteiger partial charge < -0.3 is 11.5 Å². The molecule has 1 heterocycles. The van der Waals surface area contributed by atoms with Crippen LogP contribution in [0.4, 0.5) is 0 Å². The van der Waals surface area contributed by atoms with Crippen molar-refractivity contribution in [1.29, 1.82) is 0 Å². The summed E-state index contributed by atoms with van der Waals surface area (Å²) in [6.07, 6.45) is -0.0512. The van der Waals surface area contributed by atoms with Crippen molar-refractivity contribution in [2.45, 2.75) is 18.5 Å². The van der Waals surface area contributed by atoms with E-state index < -0.39 is 40.2 Å². The molecule has 1 aliphatic heterocycles. The molecule has 0 aliphatic carbocycles. The first-order valence-electron chi connectivity index (χ1n) is 6.47. The van der Waals surface area contributed by atoms with Gasteiger partial charge >= 0.3 is 45.8 Å². The quantitative estimate of drug-likeness (QED) is 0.235. The van der Waals surface area contributed by atoms with Crippen LogP contribution in [0, 0.1) is 0 Å². The molecule has 1 saturated heterocycles. The Morgan fingerprint density at radius 2 is 1.92 bits per heavy atom. The number of nitrogens with one attached hydrogen (secondary N) is 1. The van der Waals surface area contributed by atoms with Crippen molar-refractivity contribution in [2.75, 3.05) is 7.11 Å². The van der Waals surface area contributed by atoms with E-state index in [0.717, 1.165) is 7.11 Å². The van der Waals surface area contributed by atoms with Gasteiger partial charge in [0.25, 0.3) is 5.91 Å². The SMILES string of the molecule is COC(=O)C1C(NC(=O)Cc2ccccc2)C(=O)N1S(=O)(=O)O.[H-].[Na+]. The Hall–Kier alpha value is -1.46. The molecule has 11 heteroatoms. The van der Waals surface area contributed by atoms with Crippen LogP contribution in [0.1, 0.15) is 6.99 Å². The number of benzene rings is 1. The molecule has 0 bridgehead atoms. The maximum Gasteiger partial charge on any atom is 1.00 e. The van der Waals surface area contributed by atoms with Crippen molar-refractivity contribution in [3.05, 3.63) is 35.9 Å². The number of β-lactam (4-membered cyclic amide) rings is 1. The molecule has 1 aromatic carbocycles. The van der Waals surface area contributed by atoms with Crippen LogP contribution >= 0.6 is 0 Å². The molecule has 0 aromatic heterocycles. The van der Waals surface area contributed by atoms with Crippen LogP contribution in [0.5, 0.6) is 0 Å². The monoisotopic (exact) mass is 366 g/mol. The van der Waals surface area contributed by atoms with Gasteiger partial charge in [0.05, 0.1) is 13.5 Å². The minimum Gasteiger partial charge on any atom is -1.00 e. The van der Waals surface area contributed by atoms with Crippen molar-refractivity contribution in [2.24, 2.45) is 0 Å². The molecule has 1 fully saturated rings. The third kappa shape index (κ3) is 4.33. The van der Waals surface area contributed by atoms with Crippen LogP contribution in [0.3, 0.4) is 0 Å². The number of carbonyl (C=O) groups is 3. The summed E-state index contributed by atoms with van der Waals surface area (Å²) in [5.41, 5.74) is 0.679. The Morgan fingerprint density at radius 3 is 2.42 bits per heavy atom. The zero-order valence-electron chi connectivity index (χ0n) is 14.0. The van der Waals surface area contributed by atoms with Gasteiger partial charge in [0.15, 0.2) is 6.04 Å². The van der Waals surface area contributed by atoms with Crippen LogP contribution in [-0.2, 0) is 35.8 Å². The molecule has 2 atom stereocenters. The standard InChI is InChI=1S/C13H14N2O7S.Na.H/c1-22-13(18)11-10(12(17)15(11)23(19,20)21)14-9(16)7-8-5-3-2-4-6-8;;/h2-6,10-11H,7H2,1H3,(H,14,16)(H,19,20,21);;/q;+1;-1. The summed E-state index contributed by atoms with van der Waals surface area (Å²) >= 11 is 0. The molecule has 24 heavy (non-hydrogen) atoms. The molecule has 0 radical (unpaired) electrons. The van der Waals surface area contributed by atoms with Crippen molar-refractivity contribution in [3.8, 4) is 0 Å². The second-order valence-electron chi connectivity index (χ2n) is 4.79. The van der Waals surface area contributed by atoms with E-state index >= 15 is 0 Å². The summed E-state index contributed by atoms with van der Waals surface area (Å²) in [7, 11) is -3.92. The number of hydrogen-bond donors (Lipinski definition) is 2. The Bertz CT molecular complexity index is 744. The number of hydrogen-bond acceptors (Lipinski definition) is 6. The van der Waals surface area contributed by atoms with Crippen LogP contribution < -0.4 is 34.9 Å². The molecule has 1 aliphatic rings. The third-order valence-electron chi connectivity index (χ3n) is 3.27. The summed E-state index contributed by atoms with van der Waals surface area (Å²) in [4.78, 5) is 35.3. The second kappa shape index (κ2) is 8.08. The van der Waals surface area contributed by atoms with Crippen molar-refractivity contribution >= 4 is 28.1 Å². The van der Waals surface area contributed by atoms with E-state index in [2.05, 4.69) is 10.1 Å². The van der Waals surface area contributed by atoms with Crippen molar-refractivity contribution < 1.29 is 63.1 Å². The van der Waals surface area contributed by atoms with Gasteiger partial charge in [-0.25, -0.2) is 4.79 Å². The predicted octanol–water partition coefficient (Wildman–Crippen LogP) is -3.98. The van der Waals surface area contributed by atoms with E-state index in [1.54, 1.807) is 30.3 Å². The smallest absolute Gasteiger partial charge is 1.00 e. The maximum atomic E-state index is 11.9. The minimum absolute atomic E-state index is 0. The second-order valence-corrected chi connectivity index (χ2v) is 6.08. The molecule has 126 valence electrons. The van der Waals surface area contributed by atoms with Gasteiger partial charge in [0.2, 0.25) is 5.91 Å². The van der Waals surface area contributed by atoms with Gasteiger partial charge in [0.1, 0.15) is 6.04 Å². The summed E-state index contributed by atoms with van der Waals surface area (Å²) in [5.74, 6) is -2.74. The largest absolute Gasteiger partial charge is 1.00 e. The predicted molar refractivity (Wildman–Crippen MR) is 77.4 cm³/mol. The number of esters is 1. The number of rotatable bonds is 5. The molecule has 0 spiro atoms. The molecule has 2 N–H and O–H groups in total. The summed E-state index contributed by atoms with van der Waals surface area (Å²) in [6.45, 7) is 0. The first kappa shape index (κ1) is 20.6. The topological polar surface area (TPSA) is 130 Å². The minimum atomic E-state index is -4.92. The van der Waals surface area contributed by atoms with E-state index in [4.69, 9.17) is 4.55 Å². The molecule has 0 saturated carbocycles. The molecular formula is C13H15N2NaO7S. The van der Waals surface area contributed by atoms with Gasteiger partial charge in [-0.15, -0.1) is 0 Å². The Kier molecular flexibility index (Phi) is 6.93. The van der Waals surface area contributed by atoms with E-state index in [-0.39, 0.29) is 41.7 Å². The fraction of sp³-hybridized carbons (Fsp3) is 0.308. The molecule has 2 amide bonds. The Morgan fingerprint density at radius 1 is 1.33 bits per heavy atom. The number of nitrogens with zero attached hydrogens (tertiary/aromatic N) is 1. The van der Waals surface area contributed by atoms with Gasteiger partial charge in [-0.3, -0.25) is 14.1 Å². The summed E-state index contributed by atoms with van der Waals surface area (Å²) in [6, 6.07) is 5.61. The molecule has 2 unspecified atom stereocenters. The van der Waals surface area contributed by atoms with Gasteiger partial charge in [-0.2, -0.15) is 12.7 Å². The number of ether oxygens (including phenoxy) is 1. The van der Waals surface area contributed by atoms with Crippen LogP contribution in [0.2, 0.25) is 0 Å². The number of amides is 2. The van der Waals surface area contributed by atoms with E-state index in [1.165, 1.54) is 0 Å². The van der Waals surface area contributed by atoms with E-state index in [1.807, 2.05) is 0 Å². The van der Waals surface area contributed by atoms with Crippen LogP contribution in [-0.4, -0.2) is 54.3 Å². The summed E-state index contributed by atoms with van der Waals surface area (Å²) < 4.78 is 35.6. The zero-order chi connectivity index (χ0) is 17.2. The van der Waals surface area contributed by atoms with Gasteiger partial charge in [0, 0.05) is 0 Å². The number of carbonyl (C=O) groups excluding carboxylic acids is 3. The zero-order valence-corrected chi connectivity index (χ0v) is 15.8. The van der Waals surface area contributed by atoms with E-state index in [0.29, 0.717) is 5.56 Å². The van der Waals surface area contributed by atoms with Gasteiger partial charge in [-0.1, -0.05) is 30.3 Å². The fourth-order valence-corrected chi connectivity index (χ4v) is 3.05. The van der Waals surface area contributed by atoms with Gasteiger partial charge in [-0.05, 0) is 5.56 Å². The molecular weight excluding hydrogens is 351 g/mol. The fourth-order valence-electron chi connectivity index (χ4n) is 2.22. The third-order valence-corrected chi connectivity index (χ3v) is 4.17. The first-order chi connectivity index (χ1) is 10.8. The summed E-state index contributed by atoms with van der Waals surface area (Å²) in [5, 5.41) is 2.28.